The van der Waals surface area contributed by atoms with Crippen LogP contribution in [-0.4, -0.2) is 18.1 Å². The van der Waals surface area contributed by atoms with Crippen molar-refractivity contribution in [3.8, 4) is 0 Å². The Bertz CT molecular complexity index is 354. The van der Waals surface area contributed by atoms with Crippen LogP contribution < -0.4 is 5.32 Å². The van der Waals surface area contributed by atoms with Gasteiger partial charge in [0.25, 0.3) is 0 Å². The highest BCUT2D eigenvalue weighted by molar-refractivity contribution is 5.16. The maximum atomic E-state index is 5.79. The van der Waals surface area contributed by atoms with Crippen molar-refractivity contribution in [2.75, 3.05) is 13.2 Å². The number of nitrogens with zero attached hydrogens (tertiary/aromatic N) is 1. The number of ether oxygens (including phenoxy) is 1. The van der Waals surface area contributed by atoms with Gasteiger partial charge in [-0.15, -0.1) is 0 Å². The van der Waals surface area contributed by atoms with Crippen LogP contribution in [0.2, 0.25) is 0 Å². The van der Waals surface area contributed by atoms with E-state index in [1.165, 1.54) is 6.39 Å². The van der Waals surface area contributed by atoms with E-state index in [1.807, 2.05) is 0 Å². The summed E-state index contributed by atoms with van der Waals surface area (Å²) >= 11 is 0. The first-order chi connectivity index (χ1) is 8.12. The van der Waals surface area contributed by atoms with Crippen LogP contribution in [0.25, 0.3) is 0 Å². The predicted octanol–water partition coefficient (Wildman–Crippen LogP) is 2.45. The second-order valence-corrected chi connectivity index (χ2v) is 5.34. The third-order valence-corrected chi connectivity index (χ3v) is 3.19. The van der Waals surface area contributed by atoms with Crippen LogP contribution in [0.4, 0.5) is 0 Å². The van der Waals surface area contributed by atoms with Gasteiger partial charge in [0.2, 0.25) is 0 Å². The minimum Gasteiger partial charge on any atom is -0.445 e. The molecule has 0 aliphatic carbocycles. The molecule has 0 aromatic carbocycles. The fourth-order valence-electron chi connectivity index (χ4n) is 2.26. The minimum absolute atomic E-state index is 0.272. The first-order valence-electron chi connectivity index (χ1n) is 6.39. The van der Waals surface area contributed by atoms with E-state index in [4.69, 9.17) is 9.15 Å². The van der Waals surface area contributed by atoms with E-state index in [9.17, 15) is 0 Å². The molecular formula is C13H22N2O2. The van der Waals surface area contributed by atoms with Crippen LogP contribution >= 0.6 is 0 Å². The summed E-state index contributed by atoms with van der Waals surface area (Å²) < 4.78 is 11.3. The molecule has 1 aliphatic rings. The fourth-order valence-corrected chi connectivity index (χ4v) is 2.26. The third kappa shape index (κ3) is 2.87. The van der Waals surface area contributed by atoms with Crippen LogP contribution in [0, 0.1) is 5.92 Å². The number of oxazole rings is 1. The lowest BCUT2D eigenvalue weighted by Crippen LogP contribution is -2.25. The van der Waals surface area contributed by atoms with Gasteiger partial charge in [-0.3, -0.25) is 0 Å². The summed E-state index contributed by atoms with van der Waals surface area (Å²) in [7, 11) is 0. The van der Waals surface area contributed by atoms with Crippen molar-refractivity contribution in [2.45, 2.75) is 45.8 Å². The van der Waals surface area contributed by atoms with Gasteiger partial charge >= 0.3 is 0 Å². The summed E-state index contributed by atoms with van der Waals surface area (Å²) in [6.45, 7) is 9.03. The summed E-state index contributed by atoms with van der Waals surface area (Å²) in [5.41, 5.74) is 0.709. The van der Waals surface area contributed by atoms with Crippen molar-refractivity contribution >= 4 is 0 Å². The van der Waals surface area contributed by atoms with Gasteiger partial charge in [0.05, 0.1) is 5.69 Å². The Labute approximate surface area is 103 Å². The number of hydrogen-bond acceptors (Lipinski definition) is 4. The zero-order chi connectivity index (χ0) is 12.3. The second-order valence-electron chi connectivity index (χ2n) is 5.34. The first-order valence-corrected chi connectivity index (χ1v) is 6.39. The zero-order valence-electron chi connectivity index (χ0n) is 11.0. The Morgan fingerprint density at radius 1 is 1.53 bits per heavy atom. The van der Waals surface area contributed by atoms with E-state index in [-0.39, 0.29) is 5.60 Å². The Balaban J connectivity index is 2.01. The molecule has 2 rings (SSSR count). The molecule has 0 radical (unpaired) electrons. The number of aromatic nitrogens is 1. The molecule has 1 saturated heterocycles. The summed E-state index contributed by atoms with van der Waals surface area (Å²) in [5.74, 6) is 1.54. The molecule has 0 saturated carbocycles. The molecule has 1 unspecified atom stereocenters. The van der Waals surface area contributed by atoms with E-state index in [0.29, 0.717) is 5.92 Å². The van der Waals surface area contributed by atoms with E-state index in [0.717, 1.165) is 44.0 Å². The van der Waals surface area contributed by atoms with Gasteiger partial charge in [0.15, 0.2) is 12.2 Å². The van der Waals surface area contributed by atoms with Crippen LogP contribution in [0.3, 0.4) is 0 Å². The number of nitrogens with one attached hydrogen (secondary N) is 1. The van der Waals surface area contributed by atoms with Gasteiger partial charge < -0.3 is 14.5 Å². The molecular weight excluding hydrogens is 216 g/mol. The van der Waals surface area contributed by atoms with Gasteiger partial charge in [-0.25, -0.2) is 4.98 Å². The monoisotopic (exact) mass is 238 g/mol. The molecule has 0 bridgehead atoms. The Kier molecular flexibility index (Phi) is 3.84. The summed E-state index contributed by atoms with van der Waals surface area (Å²) in [5, 5.41) is 3.39. The SMILES string of the molecule is CC(C)CNCc1ncoc1C1(C)CCCO1. The van der Waals surface area contributed by atoms with Crippen LogP contribution in [-0.2, 0) is 16.9 Å². The van der Waals surface area contributed by atoms with Gasteiger partial charge in [0, 0.05) is 13.2 Å². The highest BCUT2D eigenvalue weighted by Crippen LogP contribution is 2.37. The Hall–Kier alpha value is -0.870. The molecule has 1 aliphatic heterocycles. The fraction of sp³-hybridized carbons (Fsp3) is 0.769. The standard InChI is InChI=1S/C13H22N2O2/c1-10(2)7-14-8-11-12(16-9-15-11)13(3)5-4-6-17-13/h9-10,14H,4-8H2,1-3H3. The maximum absolute atomic E-state index is 5.79. The molecule has 1 aromatic heterocycles. The molecule has 17 heavy (non-hydrogen) atoms. The van der Waals surface area contributed by atoms with Gasteiger partial charge in [-0.2, -0.15) is 0 Å². The molecule has 0 amide bonds. The number of hydrogen-bond donors (Lipinski definition) is 1. The molecule has 1 N–H and O–H groups in total. The van der Waals surface area contributed by atoms with E-state index in [1.54, 1.807) is 0 Å². The normalized spacial score (nSPS) is 24.7. The Morgan fingerprint density at radius 3 is 3.00 bits per heavy atom. The third-order valence-electron chi connectivity index (χ3n) is 3.19. The highest BCUT2D eigenvalue weighted by Gasteiger charge is 2.37. The molecule has 1 fully saturated rings. The smallest absolute Gasteiger partial charge is 0.181 e. The number of rotatable bonds is 5. The van der Waals surface area contributed by atoms with Gasteiger partial charge in [-0.05, 0) is 32.2 Å². The molecule has 96 valence electrons. The van der Waals surface area contributed by atoms with E-state index < -0.39 is 0 Å². The summed E-state index contributed by atoms with van der Waals surface area (Å²) in [4.78, 5) is 4.29. The average Bonchev–Trinajstić information content (AvgIpc) is 2.87. The Morgan fingerprint density at radius 2 is 2.35 bits per heavy atom. The quantitative estimate of drug-likeness (QED) is 0.856. The maximum Gasteiger partial charge on any atom is 0.181 e. The lowest BCUT2D eigenvalue weighted by atomic mass is 9.98. The van der Waals surface area contributed by atoms with E-state index in [2.05, 4.69) is 31.1 Å². The van der Waals surface area contributed by atoms with Crippen LogP contribution in [0.15, 0.2) is 10.8 Å². The van der Waals surface area contributed by atoms with Crippen molar-refractivity contribution in [3.63, 3.8) is 0 Å². The van der Waals surface area contributed by atoms with Crippen LogP contribution in [0.5, 0.6) is 0 Å². The highest BCUT2D eigenvalue weighted by atomic mass is 16.5. The zero-order valence-corrected chi connectivity index (χ0v) is 11.0. The van der Waals surface area contributed by atoms with Crippen molar-refractivity contribution in [2.24, 2.45) is 5.92 Å². The van der Waals surface area contributed by atoms with Crippen molar-refractivity contribution in [1.29, 1.82) is 0 Å². The van der Waals surface area contributed by atoms with Gasteiger partial charge in [0.1, 0.15) is 5.60 Å². The molecule has 1 atom stereocenters. The molecule has 1 aromatic rings. The van der Waals surface area contributed by atoms with Crippen molar-refractivity contribution in [3.05, 3.63) is 17.8 Å². The molecule has 2 heterocycles. The molecule has 0 spiro atoms. The van der Waals surface area contributed by atoms with Gasteiger partial charge in [-0.1, -0.05) is 13.8 Å². The molecule has 4 heteroatoms. The largest absolute Gasteiger partial charge is 0.445 e. The van der Waals surface area contributed by atoms with Crippen molar-refractivity contribution < 1.29 is 9.15 Å². The summed E-state index contributed by atoms with van der Waals surface area (Å²) in [6.07, 6.45) is 3.63. The lowest BCUT2D eigenvalue weighted by molar-refractivity contribution is -0.00184. The predicted molar refractivity (Wildman–Crippen MR) is 65.6 cm³/mol. The average molecular weight is 238 g/mol. The second kappa shape index (κ2) is 5.19. The first kappa shape index (κ1) is 12.6. The minimum atomic E-state index is -0.272. The molecule has 4 nitrogen and oxygen atoms in total. The topological polar surface area (TPSA) is 47.3 Å². The van der Waals surface area contributed by atoms with Crippen molar-refractivity contribution in [1.82, 2.24) is 10.3 Å². The summed E-state index contributed by atoms with van der Waals surface area (Å²) in [6, 6.07) is 0. The lowest BCUT2D eigenvalue weighted by Gasteiger charge is -2.21. The van der Waals surface area contributed by atoms with Crippen LogP contribution in [0.1, 0.15) is 45.1 Å². The van der Waals surface area contributed by atoms with E-state index >= 15 is 0 Å².